The van der Waals surface area contributed by atoms with Crippen molar-refractivity contribution >= 4 is 17.5 Å². The summed E-state index contributed by atoms with van der Waals surface area (Å²) in [7, 11) is 0. The molecule has 0 radical (unpaired) electrons. The molecule has 0 aromatic heterocycles. The van der Waals surface area contributed by atoms with Crippen LogP contribution in [0.5, 0.6) is 0 Å². The van der Waals surface area contributed by atoms with Crippen LogP contribution < -0.4 is 11.1 Å². The van der Waals surface area contributed by atoms with E-state index >= 15 is 0 Å². The smallest absolute Gasteiger partial charge is 0.313 e. The van der Waals surface area contributed by atoms with Crippen molar-refractivity contribution in [1.29, 1.82) is 0 Å². The number of carbonyl (C=O) groups is 2. The highest BCUT2D eigenvalue weighted by atomic mass is 16.2. The van der Waals surface area contributed by atoms with Gasteiger partial charge in [-0.1, -0.05) is 57.7 Å². The molecule has 0 saturated carbocycles. The van der Waals surface area contributed by atoms with Crippen molar-refractivity contribution in [2.75, 3.05) is 5.32 Å². The van der Waals surface area contributed by atoms with Crippen LogP contribution in [0.2, 0.25) is 0 Å². The van der Waals surface area contributed by atoms with Crippen molar-refractivity contribution in [3.63, 3.8) is 0 Å². The second-order valence-corrected chi connectivity index (χ2v) is 3.89. The van der Waals surface area contributed by atoms with Crippen LogP contribution in [0.25, 0.3) is 0 Å². The largest absolute Gasteiger partial charge is 0.361 e. The third kappa shape index (κ3) is 8.33. The monoisotopic (exact) mass is 250 g/mol. The molecule has 0 spiro atoms. The van der Waals surface area contributed by atoms with Crippen molar-refractivity contribution in [3.8, 4) is 0 Å². The van der Waals surface area contributed by atoms with Gasteiger partial charge in [-0.05, 0) is 12.1 Å². The molecule has 0 fully saturated rings. The van der Waals surface area contributed by atoms with E-state index in [0.717, 1.165) is 0 Å². The Hall–Kier alpha value is -1.84. The standard InChI is InChI=1S/C8H8N2O2.C6H14/c9-7(11)8(12)10-6-4-2-1-3-5-6;1-3-5-6-4-2/h1-5H,(H2,9,11)(H,10,12);3-6H2,1-2H3. The molecule has 0 bridgehead atoms. The Kier molecular flexibility index (Phi) is 9.27. The summed E-state index contributed by atoms with van der Waals surface area (Å²) in [5.41, 5.74) is 5.29. The van der Waals surface area contributed by atoms with Gasteiger partial charge in [-0.2, -0.15) is 0 Å². The Bertz CT molecular complexity index is 346. The van der Waals surface area contributed by atoms with E-state index in [9.17, 15) is 9.59 Å². The van der Waals surface area contributed by atoms with Gasteiger partial charge < -0.3 is 11.1 Å². The van der Waals surface area contributed by atoms with Gasteiger partial charge in [-0.3, -0.25) is 9.59 Å². The number of para-hydroxylation sites is 1. The first-order valence-electron chi connectivity index (χ1n) is 6.27. The highest BCUT2D eigenvalue weighted by molar-refractivity contribution is 6.39. The Morgan fingerprint density at radius 1 is 1.06 bits per heavy atom. The van der Waals surface area contributed by atoms with Crippen LogP contribution in [0, 0.1) is 0 Å². The van der Waals surface area contributed by atoms with E-state index in [1.54, 1.807) is 30.3 Å². The molecule has 100 valence electrons. The van der Waals surface area contributed by atoms with Crippen molar-refractivity contribution in [1.82, 2.24) is 0 Å². The first-order chi connectivity index (χ1) is 8.61. The van der Waals surface area contributed by atoms with Crippen molar-refractivity contribution in [3.05, 3.63) is 30.3 Å². The second-order valence-electron chi connectivity index (χ2n) is 3.89. The number of amides is 2. The average molecular weight is 250 g/mol. The predicted molar refractivity (Wildman–Crippen MR) is 74.1 cm³/mol. The molecule has 0 unspecified atom stereocenters. The van der Waals surface area contributed by atoms with E-state index in [0.29, 0.717) is 5.69 Å². The molecule has 0 aliphatic carbocycles. The van der Waals surface area contributed by atoms with Gasteiger partial charge in [0.05, 0.1) is 0 Å². The fourth-order valence-electron chi connectivity index (χ4n) is 1.21. The van der Waals surface area contributed by atoms with Gasteiger partial charge in [0, 0.05) is 5.69 Å². The maximum atomic E-state index is 10.7. The van der Waals surface area contributed by atoms with Gasteiger partial charge in [-0.25, -0.2) is 0 Å². The predicted octanol–water partition coefficient (Wildman–Crippen LogP) is 2.70. The Labute approximate surface area is 109 Å². The Morgan fingerprint density at radius 2 is 1.56 bits per heavy atom. The normalized spacial score (nSPS) is 9.00. The number of benzene rings is 1. The molecule has 2 amide bonds. The second kappa shape index (κ2) is 10.3. The van der Waals surface area contributed by atoms with Crippen LogP contribution in [-0.2, 0) is 9.59 Å². The van der Waals surface area contributed by atoms with Crippen molar-refractivity contribution < 1.29 is 9.59 Å². The molecule has 18 heavy (non-hydrogen) atoms. The molecule has 3 N–H and O–H groups in total. The number of nitrogens with two attached hydrogens (primary N) is 1. The van der Waals surface area contributed by atoms with Gasteiger partial charge in [0.15, 0.2) is 0 Å². The third-order valence-corrected chi connectivity index (χ3v) is 2.21. The number of primary amides is 1. The Morgan fingerprint density at radius 3 is 1.94 bits per heavy atom. The lowest BCUT2D eigenvalue weighted by atomic mass is 10.2. The minimum atomic E-state index is -0.987. The van der Waals surface area contributed by atoms with E-state index in [1.807, 2.05) is 0 Å². The zero-order valence-corrected chi connectivity index (χ0v) is 11.1. The van der Waals surface area contributed by atoms with Crippen LogP contribution in [0.15, 0.2) is 30.3 Å². The summed E-state index contributed by atoms with van der Waals surface area (Å²) >= 11 is 0. The average Bonchev–Trinajstić information content (AvgIpc) is 2.38. The van der Waals surface area contributed by atoms with Gasteiger partial charge in [0.1, 0.15) is 0 Å². The fraction of sp³-hybridized carbons (Fsp3) is 0.429. The molecule has 4 heteroatoms. The zero-order valence-electron chi connectivity index (χ0n) is 11.1. The minimum Gasteiger partial charge on any atom is -0.361 e. The van der Waals surface area contributed by atoms with Crippen LogP contribution in [0.4, 0.5) is 5.69 Å². The Balaban J connectivity index is 0.000000411. The zero-order chi connectivity index (χ0) is 13.8. The van der Waals surface area contributed by atoms with Gasteiger partial charge in [0.25, 0.3) is 0 Å². The molecular formula is C14H22N2O2. The fourth-order valence-corrected chi connectivity index (χ4v) is 1.21. The lowest BCUT2D eigenvalue weighted by Crippen LogP contribution is -2.29. The van der Waals surface area contributed by atoms with Crippen LogP contribution in [0.1, 0.15) is 39.5 Å². The first-order valence-corrected chi connectivity index (χ1v) is 6.27. The summed E-state index contributed by atoms with van der Waals surface area (Å²) in [6.07, 6.45) is 5.54. The summed E-state index contributed by atoms with van der Waals surface area (Å²) in [5.74, 6) is -1.79. The molecule has 0 aliphatic rings. The van der Waals surface area contributed by atoms with Gasteiger partial charge >= 0.3 is 11.8 Å². The van der Waals surface area contributed by atoms with Gasteiger partial charge in [0.2, 0.25) is 0 Å². The van der Waals surface area contributed by atoms with Gasteiger partial charge in [-0.15, -0.1) is 0 Å². The third-order valence-electron chi connectivity index (χ3n) is 2.21. The number of nitrogens with one attached hydrogen (secondary N) is 1. The molecule has 4 nitrogen and oxygen atoms in total. The number of carbonyl (C=O) groups excluding carboxylic acids is 2. The van der Waals surface area contributed by atoms with Crippen molar-refractivity contribution in [2.45, 2.75) is 39.5 Å². The summed E-state index contributed by atoms with van der Waals surface area (Å²) in [4.78, 5) is 21.0. The van der Waals surface area contributed by atoms with Crippen LogP contribution in [0.3, 0.4) is 0 Å². The summed E-state index contributed by atoms with van der Waals surface area (Å²) in [5, 5.41) is 2.33. The summed E-state index contributed by atoms with van der Waals surface area (Å²) < 4.78 is 0. The quantitative estimate of drug-likeness (QED) is 0.637. The molecule has 0 saturated heterocycles. The topological polar surface area (TPSA) is 72.2 Å². The molecule has 0 heterocycles. The summed E-state index contributed by atoms with van der Waals surface area (Å²) in [6, 6.07) is 8.63. The SMILES string of the molecule is CCCCCC.NC(=O)C(=O)Nc1ccccc1. The van der Waals surface area contributed by atoms with E-state index in [-0.39, 0.29) is 0 Å². The van der Waals surface area contributed by atoms with E-state index in [2.05, 4.69) is 19.2 Å². The maximum absolute atomic E-state index is 10.7. The molecule has 1 aromatic carbocycles. The van der Waals surface area contributed by atoms with E-state index in [4.69, 9.17) is 5.73 Å². The highest BCUT2D eigenvalue weighted by Gasteiger charge is 2.07. The number of anilines is 1. The van der Waals surface area contributed by atoms with Crippen LogP contribution >= 0.6 is 0 Å². The number of rotatable bonds is 4. The molecular weight excluding hydrogens is 228 g/mol. The van der Waals surface area contributed by atoms with E-state index in [1.165, 1.54) is 25.7 Å². The number of unbranched alkanes of at least 4 members (excludes halogenated alkanes) is 3. The lowest BCUT2D eigenvalue weighted by molar-refractivity contribution is -0.134. The highest BCUT2D eigenvalue weighted by Crippen LogP contribution is 2.03. The van der Waals surface area contributed by atoms with E-state index < -0.39 is 11.8 Å². The molecule has 0 atom stereocenters. The molecule has 0 aliphatic heterocycles. The lowest BCUT2D eigenvalue weighted by Gasteiger charge is -1.99. The number of hydrogen-bond donors (Lipinski definition) is 2. The molecule has 1 rings (SSSR count). The minimum absolute atomic E-state index is 0.557. The first kappa shape index (κ1) is 16.2. The molecule has 1 aromatic rings. The summed E-state index contributed by atoms with van der Waals surface area (Å²) in [6.45, 7) is 4.46. The van der Waals surface area contributed by atoms with Crippen LogP contribution in [-0.4, -0.2) is 11.8 Å². The number of hydrogen-bond acceptors (Lipinski definition) is 2. The maximum Gasteiger partial charge on any atom is 0.313 e. The van der Waals surface area contributed by atoms with Crippen molar-refractivity contribution in [2.24, 2.45) is 5.73 Å².